The molecule has 0 saturated carbocycles. The molecule has 2 nitrogen and oxygen atoms in total. The van der Waals surface area contributed by atoms with Gasteiger partial charge in [-0.2, -0.15) is 11.8 Å². The van der Waals surface area contributed by atoms with Crippen LogP contribution >= 0.6 is 11.8 Å². The number of benzene rings is 1. The summed E-state index contributed by atoms with van der Waals surface area (Å²) in [6.07, 6.45) is 6.03. The summed E-state index contributed by atoms with van der Waals surface area (Å²) < 4.78 is 0. The van der Waals surface area contributed by atoms with Crippen LogP contribution in [0, 0.1) is 0 Å². The molecule has 1 heterocycles. The highest BCUT2D eigenvalue weighted by Gasteiger charge is 1.93. The monoisotopic (exact) mass is 238 g/mol. The molecular formula is C13H22N2S. The topological polar surface area (TPSA) is 27.8 Å². The first kappa shape index (κ1) is 14.9. The van der Waals surface area contributed by atoms with Crippen molar-refractivity contribution in [1.82, 2.24) is 4.98 Å². The first-order valence-electron chi connectivity index (χ1n) is 5.47. The first-order chi connectivity index (χ1) is 7.81. The van der Waals surface area contributed by atoms with Gasteiger partial charge in [0.1, 0.15) is 0 Å². The standard InChI is InChI=1S/C9H10N2.C2H6S.C2H6/c1-10-8-2-3-9-7(6-8)4-5-11-9;1-3-2;1-2/h2-6,10-11H,1H3;1-2H3;1-2H3. The van der Waals surface area contributed by atoms with Crippen molar-refractivity contribution in [2.24, 2.45) is 0 Å². The van der Waals surface area contributed by atoms with Crippen molar-refractivity contribution < 1.29 is 0 Å². The molecule has 0 aliphatic carbocycles. The smallest absolute Gasteiger partial charge is 0.0455 e. The van der Waals surface area contributed by atoms with E-state index in [2.05, 4.69) is 34.6 Å². The molecule has 2 aromatic rings. The van der Waals surface area contributed by atoms with Gasteiger partial charge in [-0.1, -0.05) is 13.8 Å². The highest BCUT2D eigenvalue weighted by Crippen LogP contribution is 2.16. The Morgan fingerprint density at radius 1 is 1.12 bits per heavy atom. The van der Waals surface area contributed by atoms with Crippen LogP contribution in [0.25, 0.3) is 10.9 Å². The summed E-state index contributed by atoms with van der Waals surface area (Å²) in [7, 11) is 1.92. The predicted octanol–water partition coefficient (Wildman–Crippen LogP) is 4.22. The van der Waals surface area contributed by atoms with Gasteiger partial charge in [0.25, 0.3) is 0 Å². The second-order valence-corrected chi connectivity index (χ2v) is 3.75. The summed E-state index contributed by atoms with van der Waals surface area (Å²) in [5, 5.41) is 4.34. The van der Waals surface area contributed by atoms with Gasteiger partial charge in [-0.05, 0) is 36.8 Å². The van der Waals surface area contributed by atoms with Crippen LogP contribution in [-0.2, 0) is 0 Å². The molecular weight excluding hydrogens is 216 g/mol. The Bertz CT molecular complexity index is 382. The maximum absolute atomic E-state index is 3.14. The molecule has 16 heavy (non-hydrogen) atoms. The molecule has 3 heteroatoms. The van der Waals surface area contributed by atoms with Crippen molar-refractivity contribution in [3.63, 3.8) is 0 Å². The van der Waals surface area contributed by atoms with E-state index >= 15 is 0 Å². The molecule has 2 N–H and O–H groups in total. The van der Waals surface area contributed by atoms with E-state index < -0.39 is 0 Å². The molecule has 0 unspecified atom stereocenters. The fourth-order valence-corrected chi connectivity index (χ4v) is 1.21. The summed E-state index contributed by atoms with van der Waals surface area (Å²) in [5.41, 5.74) is 2.33. The minimum atomic E-state index is 1.15. The minimum Gasteiger partial charge on any atom is -0.388 e. The number of hydrogen-bond donors (Lipinski definition) is 2. The normalized spacial score (nSPS) is 8.56. The summed E-state index contributed by atoms with van der Waals surface area (Å²) in [4.78, 5) is 3.14. The van der Waals surface area contributed by atoms with Gasteiger partial charge >= 0.3 is 0 Å². The molecule has 1 aromatic carbocycles. The third kappa shape index (κ3) is 4.62. The number of H-pyrrole nitrogens is 1. The highest BCUT2D eigenvalue weighted by molar-refractivity contribution is 7.97. The highest BCUT2D eigenvalue weighted by atomic mass is 32.2. The van der Waals surface area contributed by atoms with Gasteiger partial charge in [-0.25, -0.2) is 0 Å². The maximum atomic E-state index is 3.14. The third-order valence-corrected chi connectivity index (χ3v) is 1.84. The molecule has 0 amide bonds. The zero-order valence-electron chi connectivity index (χ0n) is 10.8. The fourth-order valence-electron chi connectivity index (χ4n) is 1.21. The number of aromatic nitrogens is 1. The molecule has 0 radical (unpaired) electrons. The zero-order valence-corrected chi connectivity index (χ0v) is 11.6. The van der Waals surface area contributed by atoms with Gasteiger partial charge in [0.05, 0.1) is 0 Å². The van der Waals surface area contributed by atoms with Crippen LogP contribution in [0.2, 0.25) is 0 Å². The fraction of sp³-hybridized carbons (Fsp3) is 0.385. The molecule has 90 valence electrons. The van der Waals surface area contributed by atoms with E-state index in [1.807, 2.05) is 39.6 Å². The first-order valence-corrected chi connectivity index (χ1v) is 7.10. The molecule has 0 spiro atoms. The Balaban J connectivity index is 0.000000394. The van der Waals surface area contributed by atoms with Crippen molar-refractivity contribution in [1.29, 1.82) is 0 Å². The van der Waals surface area contributed by atoms with E-state index in [0.717, 1.165) is 5.69 Å². The van der Waals surface area contributed by atoms with Crippen molar-refractivity contribution in [3.8, 4) is 0 Å². The Kier molecular flexibility index (Phi) is 8.53. The average Bonchev–Trinajstić information content (AvgIpc) is 2.79. The Morgan fingerprint density at radius 2 is 1.75 bits per heavy atom. The van der Waals surface area contributed by atoms with Crippen molar-refractivity contribution in [2.45, 2.75) is 13.8 Å². The van der Waals surface area contributed by atoms with Crippen LogP contribution in [0.15, 0.2) is 30.5 Å². The van der Waals surface area contributed by atoms with Crippen molar-refractivity contribution in [3.05, 3.63) is 30.5 Å². The largest absolute Gasteiger partial charge is 0.388 e. The van der Waals surface area contributed by atoms with Crippen LogP contribution in [0.5, 0.6) is 0 Å². The number of thioether (sulfide) groups is 1. The molecule has 0 atom stereocenters. The number of nitrogens with one attached hydrogen (secondary N) is 2. The van der Waals surface area contributed by atoms with Crippen molar-refractivity contribution in [2.75, 3.05) is 24.9 Å². The summed E-state index contributed by atoms with van der Waals surface area (Å²) in [5.74, 6) is 0. The third-order valence-electron chi connectivity index (χ3n) is 1.84. The summed E-state index contributed by atoms with van der Waals surface area (Å²) in [6.45, 7) is 4.00. The van der Waals surface area contributed by atoms with Crippen LogP contribution in [0.3, 0.4) is 0 Å². The van der Waals surface area contributed by atoms with Crippen molar-refractivity contribution >= 4 is 28.4 Å². The number of rotatable bonds is 1. The summed E-state index contributed by atoms with van der Waals surface area (Å²) in [6, 6.07) is 8.31. The zero-order chi connectivity index (χ0) is 12.4. The number of anilines is 1. The van der Waals surface area contributed by atoms with Gasteiger partial charge in [0.2, 0.25) is 0 Å². The Labute approximate surface area is 103 Å². The summed E-state index contributed by atoms with van der Waals surface area (Å²) >= 11 is 1.75. The van der Waals surface area contributed by atoms with Crippen LogP contribution < -0.4 is 5.32 Å². The minimum absolute atomic E-state index is 1.15. The number of aromatic amines is 1. The van der Waals surface area contributed by atoms with Gasteiger partial charge in [0, 0.05) is 29.8 Å². The van der Waals surface area contributed by atoms with Crippen LogP contribution in [0.1, 0.15) is 13.8 Å². The van der Waals surface area contributed by atoms with Gasteiger partial charge in [0.15, 0.2) is 0 Å². The SMILES string of the molecule is CC.CNc1ccc2[nH]ccc2c1.CSC. The van der Waals surface area contributed by atoms with E-state index in [0.29, 0.717) is 0 Å². The second kappa shape index (κ2) is 9.16. The van der Waals surface area contributed by atoms with E-state index in [4.69, 9.17) is 0 Å². The Hall–Kier alpha value is -1.09. The molecule has 0 aliphatic heterocycles. The molecule has 0 aliphatic rings. The van der Waals surface area contributed by atoms with Gasteiger partial charge < -0.3 is 10.3 Å². The van der Waals surface area contributed by atoms with Crippen LogP contribution in [-0.4, -0.2) is 24.5 Å². The van der Waals surface area contributed by atoms with E-state index in [-0.39, 0.29) is 0 Å². The molecule has 0 saturated heterocycles. The van der Waals surface area contributed by atoms with E-state index in [9.17, 15) is 0 Å². The molecule has 2 rings (SSSR count). The lowest BCUT2D eigenvalue weighted by Crippen LogP contribution is -1.85. The van der Waals surface area contributed by atoms with Crippen LogP contribution in [0.4, 0.5) is 5.69 Å². The molecule has 0 fully saturated rings. The Morgan fingerprint density at radius 3 is 2.31 bits per heavy atom. The van der Waals surface area contributed by atoms with Gasteiger partial charge in [-0.15, -0.1) is 0 Å². The molecule has 1 aromatic heterocycles. The lowest BCUT2D eigenvalue weighted by atomic mass is 10.2. The number of fused-ring (bicyclic) bond motifs is 1. The van der Waals surface area contributed by atoms with Gasteiger partial charge in [-0.3, -0.25) is 0 Å². The van der Waals surface area contributed by atoms with E-state index in [1.54, 1.807) is 11.8 Å². The predicted molar refractivity (Wildman–Crippen MR) is 78.6 cm³/mol. The number of hydrogen-bond acceptors (Lipinski definition) is 2. The van der Waals surface area contributed by atoms with E-state index in [1.165, 1.54) is 10.9 Å². The lowest BCUT2D eigenvalue weighted by Gasteiger charge is -1.97. The quantitative estimate of drug-likeness (QED) is 0.778. The average molecular weight is 238 g/mol. The molecule has 0 bridgehead atoms. The maximum Gasteiger partial charge on any atom is 0.0455 e. The lowest BCUT2D eigenvalue weighted by molar-refractivity contribution is 1.47. The second-order valence-electron chi connectivity index (χ2n) is 2.94.